The molecule has 4 nitrogen and oxygen atoms in total. The summed E-state index contributed by atoms with van der Waals surface area (Å²) in [6.45, 7) is 0. The van der Waals surface area contributed by atoms with Crippen LogP contribution in [0.1, 0.15) is 38.0 Å². The molecule has 100 valence electrons. The van der Waals surface area contributed by atoms with Gasteiger partial charge in [0.1, 0.15) is 5.82 Å². The predicted octanol–water partition coefficient (Wildman–Crippen LogP) is 2.99. The molecule has 1 aliphatic carbocycles. The molecule has 1 saturated carbocycles. The molecule has 5 heteroatoms. The van der Waals surface area contributed by atoms with E-state index in [4.69, 9.17) is 10.3 Å². The monoisotopic (exact) mass is 261 g/mol. The summed E-state index contributed by atoms with van der Waals surface area (Å²) in [5, 5.41) is 3.86. The third-order valence-corrected chi connectivity index (χ3v) is 3.71. The van der Waals surface area contributed by atoms with E-state index in [2.05, 4.69) is 10.1 Å². The van der Waals surface area contributed by atoms with Crippen LogP contribution in [0.5, 0.6) is 0 Å². The van der Waals surface area contributed by atoms with Crippen LogP contribution in [0.15, 0.2) is 28.8 Å². The second-order valence-electron chi connectivity index (χ2n) is 5.12. The van der Waals surface area contributed by atoms with Crippen LogP contribution in [0.4, 0.5) is 4.39 Å². The summed E-state index contributed by atoms with van der Waals surface area (Å²) in [4.78, 5) is 4.29. The molecule has 0 atom stereocenters. The number of rotatable bonds is 2. The second-order valence-corrected chi connectivity index (χ2v) is 5.12. The summed E-state index contributed by atoms with van der Waals surface area (Å²) in [6.07, 6.45) is 4.99. The van der Waals surface area contributed by atoms with Crippen LogP contribution in [0.3, 0.4) is 0 Å². The molecule has 0 radical (unpaired) electrons. The van der Waals surface area contributed by atoms with Gasteiger partial charge in [0, 0.05) is 0 Å². The van der Waals surface area contributed by atoms with Crippen LogP contribution in [0, 0.1) is 5.82 Å². The average molecular weight is 261 g/mol. The molecule has 1 fully saturated rings. The van der Waals surface area contributed by atoms with Crippen LogP contribution in [0.2, 0.25) is 0 Å². The Morgan fingerprint density at radius 1 is 1.16 bits per heavy atom. The lowest BCUT2D eigenvalue weighted by Gasteiger charge is -2.29. The lowest BCUT2D eigenvalue weighted by molar-refractivity contribution is 0.220. The zero-order valence-electron chi connectivity index (χ0n) is 10.6. The fourth-order valence-corrected chi connectivity index (χ4v) is 2.57. The Morgan fingerprint density at radius 3 is 2.63 bits per heavy atom. The van der Waals surface area contributed by atoms with Gasteiger partial charge in [0.05, 0.1) is 11.1 Å². The van der Waals surface area contributed by atoms with Crippen molar-refractivity contribution in [2.75, 3.05) is 0 Å². The van der Waals surface area contributed by atoms with Crippen molar-refractivity contribution in [3.05, 3.63) is 36.0 Å². The summed E-state index contributed by atoms with van der Waals surface area (Å²) < 4.78 is 18.9. The first-order valence-corrected chi connectivity index (χ1v) is 6.57. The summed E-state index contributed by atoms with van der Waals surface area (Å²) >= 11 is 0. The third-order valence-electron chi connectivity index (χ3n) is 3.71. The third kappa shape index (κ3) is 2.26. The fraction of sp³-hybridized carbons (Fsp3) is 0.429. The highest BCUT2D eigenvalue weighted by atomic mass is 19.1. The summed E-state index contributed by atoms with van der Waals surface area (Å²) in [5.74, 6) is 0.332. The zero-order chi connectivity index (χ0) is 13.3. The highest BCUT2D eigenvalue weighted by Crippen LogP contribution is 2.34. The molecule has 1 aromatic carbocycles. The van der Waals surface area contributed by atoms with E-state index < -0.39 is 5.54 Å². The summed E-state index contributed by atoms with van der Waals surface area (Å²) in [6, 6.07) is 6.39. The molecule has 0 unspecified atom stereocenters. The minimum atomic E-state index is -0.547. The van der Waals surface area contributed by atoms with Gasteiger partial charge in [-0.25, -0.2) is 4.39 Å². The van der Waals surface area contributed by atoms with Crippen LogP contribution < -0.4 is 5.73 Å². The number of benzene rings is 1. The molecular weight excluding hydrogens is 245 g/mol. The number of hydrogen-bond acceptors (Lipinski definition) is 4. The van der Waals surface area contributed by atoms with Crippen LogP contribution in [-0.2, 0) is 5.54 Å². The summed E-state index contributed by atoms with van der Waals surface area (Å²) in [7, 11) is 0. The van der Waals surface area contributed by atoms with E-state index in [1.807, 2.05) is 0 Å². The van der Waals surface area contributed by atoms with E-state index in [1.54, 1.807) is 18.2 Å². The number of nitrogens with two attached hydrogens (primary N) is 1. The van der Waals surface area contributed by atoms with Crippen molar-refractivity contribution in [2.45, 2.75) is 37.6 Å². The molecule has 0 saturated heterocycles. The van der Waals surface area contributed by atoms with E-state index in [9.17, 15) is 4.39 Å². The molecule has 2 N–H and O–H groups in total. The quantitative estimate of drug-likeness (QED) is 0.902. The normalized spacial score (nSPS) is 18.4. The smallest absolute Gasteiger partial charge is 0.247 e. The average Bonchev–Trinajstić information content (AvgIpc) is 2.90. The standard InChI is InChI=1S/C14H16FN3O/c15-11-7-3-2-6-10(11)12-17-13(19-18-12)14(16)8-4-1-5-9-14/h2-3,6-7H,1,4-5,8-9,16H2. The van der Waals surface area contributed by atoms with Crippen LogP contribution in [-0.4, -0.2) is 10.1 Å². The van der Waals surface area contributed by atoms with E-state index in [0.717, 1.165) is 25.7 Å². The van der Waals surface area contributed by atoms with Gasteiger partial charge in [-0.1, -0.05) is 36.6 Å². The van der Waals surface area contributed by atoms with Gasteiger partial charge in [0.15, 0.2) is 0 Å². The predicted molar refractivity (Wildman–Crippen MR) is 68.6 cm³/mol. The lowest BCUT2D eigenvalue weighted by Crippen LogP contribution is -2.38. The van der Waals surface area contributed by atoms with Crippen molar-refractivity contribution in [1.29, 1.82) is 0 Å². The maximum Gasteiger partial charge on any atom is 0.247 e. The molecule has 1 aliphatic rings. The maximum atomic E-state index is 13.7. The van der Waals surface area contributed by atoms with E-state index in [1.165, 1.54) is 12.5 Å². The zero-order valence-corrected chi connectivity index (χ0v) is 10.6. The Balaban J connectivity index is 1.93. The van der Waals surface area contributed by atoms with Crippen molar-refractivity contribution in [2.24, 2.45) is 5.73 Å². The molecule has 2 aromatic rings. The van der Waals surface area contributed by atoms with Crippen molar-refractivity contribution in [3.63, 3.8) is 0 Å². The van der Waals surface area contributed by atoms with Gasteiger partial charge in [-0.05, 0) is 25.0 Å². The molecule has 0 aliphatic heterocycles. The number of hydrogen-bond donors (Lipinski definition) is 1. The van der Waals surface area contributed by atoms with Gasteiger partial charge in [-0.2, -0.15) is 4.98 Å². The van der Waals surface area contributed by atoms with Gasteiger partial charge in [0.2, 0.25) is 11.7 Å². The molecule has 3 rings (SSSR count). The molecule has 1 aromatic heterocycles. The van der Waals surface area contributed by atoms with E-state index >= 15 is 0 Å². The molecular formula is C14H16FN3O. The second kappa shape index (κ2) is 4.74. The first-order valence-electron chi connectivity index (χ1n) is 6.57. The molecule has 0 amide bonds. The minimum Gasteiger partial charge on any atom is -0.337 e. The van der Waals surface area contributed by atoms with Gasteiger partial charge < -0.3 is 10.3 Å². The van der Waals surface area contributed by atoms with Crippen LogP contribution in [0.25, 0.3) is 11.4 Å². The van der Waals surface area contributed by atoms with Crippen molar-refractivity contribution in [1.82, 2.24) is 10.1 Å². The SMILES string of the molecule is NC1(c2nc(-c3ccccc3F)no2)CCCCC1. The Kier molecular flexibility index (Phi) is 3.06. The Morgan fingerprint density at radius 2 is 1.89 bits per heavy atom. The number of nitrogens with zero attached hydrogens (tertiary/aromatic N) is 2. The topological polar surface area (TPSA) is 64.9 Å². The largest absolute Gasteiger partial charge is 0.337 e. The maximum absolute atomic E-state index is 13.7. The summed E-state index contributed by atoms with van der Waals surface area (Å²) in [5.41, 5.74) is 6.12. The minimum absolute atomic E-state index is 0.267. The van der Waals surface area contributed by atoms with E-state index in [0.29, 0.717) is 11.5 Å². The lowest BCUT2D eigenvalue weighted by atomic mass is 9.82. The first-order chi connectivity index (χ1) is 9.19. The first kappa shape index (κ1) is 12.3. The van der Waals surface area contributed by atoms with Gasteiger partial charge >= 0.3 is 0 Å². The Bertz CT molecular complexity index is 576. The van der Waals surface area contributed by atoms with Gasteiger partial charge in [-0.15, -0.1) is 0 Å². The Labute approximate surface area is 110 Å². The van der Waals surface area contributed by atoms with Gasteiger partial charge in [0.25, 0.3) is 0 Å². The van der Waals surface area contributed by atoms with Crippen LogP contribution >= 0.6 is 0 Å². The number of halogens is 1. The van der Waals surface area contributed by atoms with Crippen molar-refractivity contribution < 1.29 is 8.91 Å². The van der Waals surface area contributed by atoms with Gasteiger partial charge in [-0.3, -0.25) is 0 Å². The highest BCUT2D eigenvalue weighted by molar-refractivity contribution is 5.54. The Hall–Kier alpha value is -1.75. The molecule has 0 spiro atoms. The fourth-order valence-electron chi connectivity index (χ4n) is 2.57. The molecule has 1 heterocycles. The molecule has 19 heavy (non-hydrogen) atoms. The van der Waals surface area contributed by atoms with E-state index in [-0.39, 0.29) is 11.6 Å². The molecule has 0 bridgehead atoms. The van der Waals surface area contributed by atoms with Crippen molar-refractivity contribution >= 4 is 0 Å². The highest BCUT2D eigenvalue weighted by Gasteiger charge is 2.35. The number of aromatic nitrogens is 2. The van der Waals surface area contributed by atoms with Crippen molar-refractivity contribution in [3.8, 4) is 11.4 Å².